The number of fused-ring (bicyclic) bond motifs is 1. The van der Waals surface area contributed by atoms with Crippen molar-refractivity contribution in [3.8, 4) is 5.75 Å². The standard InChI is InChI=1S/C19H17N3O3S/c1-24-15-6-2-5-13-11-16(25-18(13)15)19(23)20-12-14(17-7-3-10-26-17)22-9-4-8-21-22/h2-11,14H,12H2,1H3,(H,20,23). The summed E-state index contributed by atoms with van der Waals surface area (Å²) in [6, 6.07) is 13.1. The van der Waals surface area contributed by atoms with E-state index in [1.165, 1.54) is 0 Å². The van der Waals surface area contributed by atoms with Gasteiger partial charge in [0.15, 0.2) is 17.1 Å². The Kier molecular flexibility index (Phi) is 4.45. The van der Waals surface area contributed by atoms with Crippen molar-refractivity contribution in [3.63, 3.8) is 0 Å². The highest BCUT2D eigenvalue weighted by Gasteiger charge is 2.19. The van der Waals surface area contributed by atoms with E-state index in [4.69, 9.17) is 9.15 Å². The molecule has 4 aromatic rings. The summed E-state index contributed by atoms with van der Waals surface area (Å²) in [7, 11) is 1.58. The maximum absolute atomic E-state index is 12.6. The van der Waals surface area contributed by atoms with E-state index < -0.39 is 0 Å². The highest BCUT2D eigenvalue weighted by Crippen LogP contribution is 2.28. The molecule has 6 nitrogen and oxygen atoms in total. The first-order valence-corrected chi connectivity index (χ1v) is 9.01. The van der Waals surface area contributed by atoms with Gasteiger partial charge in [0.1, 0.15) is 6.04 Å². The second-order valence-corrected chi connectivity index (χ2v) is 6.70. The molecule has 0 saturated carbocycles. The molecule has 1 amide bonds. The molecule has 1 N–H and O–H groups in total. The van der Waals surface area contributed by atoms with E-state index in [1.807, 2.05) is 46.6 Å². The fraction of sp³-hybridized carbons (Fsp3) is 0.158. The van der Waals surface area contributed by atoms with Crippen LogP contribution in [0.1, 0.15) is 21.5 Å². The van der Waals surface area contributed by atoms with Crippen molar-refractivity contribution in [2.24, 2.45) is 0 Å². The van der Waals surface area contributed by atoms with Gasteiger partial charge in [-0.05, 0) is 29.6 Å². The molecule has 4 rings (SSSR count). The Morgan fingerprint density at radius 3 is 3.00 bits per heavy atom. The lowest BCUT2D eigenvalue weighted by atomic mass is 10.2. The zero-order valence-corrected chi connectivity index (χ0v) is 14.9. The third-order valence-electron chi connectivity index (χ3n) is 4.12. The zero-order chi connectivity index (χ0) is 17.9. The summed E-state index contributed by atoms with van der Waals surface area (Å²) in [6.45, 7) is 0.412. The molecular formula is C19H17N3O3S. The van der Waals surface area contributed by atoms with Gasteiger partial charge < -0.3 is 14.5 Å². The number of hydrogen-bond donors (Lipinski definition) is 1. The number of carbonyl (C=O) groups excluding carboxylic acids is 1. The van der Waals surface area contributed by atoms with Crippen LogP contribution in [0.25, 0.3) is 11.0 Å². The van der Waals surface area contributed by atoms with Crippen LogP contribution in [0.4, 0.5) is 0 Å². The average Bonchev–Trinajstić information content (AvgIpc) is 3.41. The first-order valence-electron chi connectivity index (χ1n) is 8.13. The highest BCUT2D eigenvalue weighted by molar-refractivity contribution is 7.10. The Balaban J connectivity index is 1.54. The highest BCUT2D eigenvalue weighted by atomic mass is 32.1. The molecule has 132 valence electrons. The third kappa shape index (κ3) is 3.09. The third-order valence-corrected chi connectivity index (χ3v) is 5.10. The van der Waals surface area contributed by atoms with Crippen molar-refractivity contribution in [3.05, 3.63) is 70.9 Å². The molecule has 0 saturated heterocycles. The first kappa shape index (κ1) is 16.4. The van der Waals surface area contributed by atoms with Crippen LogP contribution in [-0.4, -0.2) is 29.3 Å². The number of carbonyl (C=O) groups is 1. The van der Waals surface area contributed by atoms with E-state index in [0.717, 1.165) is 10.3 Å². The van der Waals surface area contributed by atoms with Crippen molar-refractivity contribution in [2.45, 2.75) is 6.04 Å². The number of ether oxygens (including phenoxy) is 1. The van der Waals surface area contributed by atoms with E-state index in [1.54, 1.807) is 36.8 Å². The molecule has 3 heterocycles. The van der Waals surface area contributed by atoms with Crippen LogP contribution < -0.4 is 10.1 Å². The van der Waals surface area contributed by atoms with Gasteiger partial charge in [0.25, 0.3) is 5.91 Å². The molecule has 0 bridgehead atoms. The molecule has 7 heteroatoms. The lowest BCUT2D eigenvalue weighted by Gasteiger charge is -2.16. The van der Waals surface area contributed by atoms with Gasteiger partial charge in [-0.1, -0.05) is 18.2 Å². The topological polar surface area (TPSA) is 69.3 Å². The number of amides is 1. The second kappa shape index (κ2) is 7.05. The van der Waals surface area contributed by atoms with Crippen molar-refractivity contribution in [1.29, 1.82) is 0 Å². The Morgan fingerprint density at radius 1 is 1.35 bits per heavy atom. The summed E-state index contributed by atoms with van der Waals surface area (Å²) >= 11 is 1.63. The molecule has 0 aliphatic rings. The Labute approximate surface area is 154 Å². The Bertz CT molecular complexity index is 972. The fourth-order valence-electron chi connectivity index (χ4n) is 2.86. The number of aromatic nitrogens is 2. The van der Waals surface area contributed by atoms with E-state index >= 15 is 0 Å². The summed E-state index contributed by atoms with van der Waals surface area (Å²) in [5.41, 5.74) is 0.571. The summed E-state index contributed by atoms with van der Waals surface area (Å²) in [5, 5.41) is 10.1. The maximum atomic E-state index is 12.6. The molecule has 26 heavy (non-hydrogen) atoms. The Hall–Kier alpha value is -3.06. The molecule has 0 aliphatic heterocycles. The van der Waals surface area contributed by atoms with Crippen molar-refractivity contribution in [1.82, 2.24) is 15.1 Å². The predicted octanol–water partition coefficient (Wildman–Crippen LogP) is 3.72. The molecule has 0 fully saturated rings. The van der Waals surface area contributed by atoms with Gasteiger partial charge in [0.05, 0.1) is 7.11 Å². The van der Waals surface area contributed by atoms with Crippen molar-refractivity contribution < 1.29 is 13.9 Å². The van der Waals surface area contributed by atoms with Crippen LogP contribution in [-0.2, 0) is 0 Å². The van der Waals surface area contributed by atoms with E-state index in [2.05, 4.69) is 10.4 Å². The quantitative estimate of drug-likeness (QED) is 0.564. The van der Waals surface area contributed by atoms with Gasteiger partial charge in [-0.2, -0.15) is 5.10 Å². The number of para-hydroxylation sites is 1. The minimum Gasteiger partial charge on any atom is -0.493 e. The zero-order valence-electron chi connectivity index (χ0n) is 14.1. The molecule has 0 radical (unpaired) electrons. The number of nitrogens with zero attached hydrogens (tertiary/aromatic N) is 2. The van der Waals surface area contributed by atoms with Crippen molar-refractivity contribution >= 4 is 28.2 Å². The molecule has 0 spiro atoms. The number of hydrogen-bond acceptors (Lipinski definition) is 5. The monoisotopic (exact) mass is 367 g/mol. The predicted molar refractivity (Wildman–Crippen MR) is 99.8 cm³/mol. The number of methoxy groups -OCH3 is 1. The van der Waals surface area contributed by atoms with Gasteiger partial charge in [-0.15, -0.1) is 11.3 Å². The fourth-order valence-corrected chi connectivity index (χ4v) is 3.68. The van der Waals surface area contributed by atoms with Crippen LogP contribution in [0, 0.1) is 0 Å². The molecule has 1 unspecified atom stereocenters. The molecule has 0 aliphatic carbocycles. The van der Waals surface area contributed by atoms with Crippen LogP contribution in [0.15, 0.2) is 64.7 Å². The number of benzene rings is 1. The smallest absolute Gasteiger partial charge is 0.287 e. The van der Waals surface area contributed by atoms with Gasteiger partial charge in [0, 0.05) is 29.2 Å². The SMILES string of the molecule is COc1cccc2cc(C(=O)NCC(c3cccs3)n3cccn3)oc12. The second-order valence-electron chi connectivity index (χ2n) is 5.72. The van der Waals surface area contributed by atoms with Crippen LogP contribution >= 0.6 is 11.3 Å². The minimum atomic E-state index is -0.267. The van der Waals surface area contributed by atoms with Crippen LogP contribution in [0.3, 0.4) is 0 Å². The van der Waals surface area contributed by atoms with Gasteiger partial charge in [0.2, 0.25) is 0 Å². The van der Waals surface area contributed by atoms with Gasteiger partial charge in [-0.3, -0.25) is 9.48 Å². The molecule has 3 aromatic heterocycles. The number of furan rings is 1. The van der Waals surface area contributed by atoms with Crippen LogP contribution in [0.2, 0.25) is 0 Å². The van der Waals surface area contributed by atoms with Gasteiger partial charge >= 0.3 is 0 Å². The first-order chi connectivity index (χ1) is 12.8. The van der Waals surface area contributed by atoms with Crippen molar-refractivity contribution in [2.75, 3.05) is 13.7 Å². The molecule has 1 aromatic carbocycles. The van der Waals surface area contributed by atoms with E-state index in [-0.39, 0.29) is 17.7 Å². The normalized spacial score (nSPS) is 12.2. The summed E-state index contributed by atoms with van der Waals surface area (Å²) in [4.78, 5) is 13.7. The largest absolute Gasteiger partial charge is 0.493 e. The minimum absolute atomic E-state index is 0.0622. The van der Waals surface area contributed by atoms with E-state index in [9.17, 15) is 4.79 Å². The number of thiophene rings is 1. The summed E-state index contributed by atoms with van der Waals surface area (Å²) in [6.07, 6.45) is 3.62. The maximum Gasteiger partial charge on any atom is 0.287 e. The average molecular weight is 367 g/mol. The lowest BCUT2D eigenvalue weighted by molar-refractivity contribution is 0.0923. The molecular weight excluding hydrogens is 350 g/mol. The van der Waals surface area contributed by atoms with E-state index in [0.29, 0.717) is 17.9 Å². The molecule has 1 atom stereocenters. The number of nitrogens with one attached hydrogen (secondary N) is 1. The lowest BCUT2D eigenvalue weighted by Crippen LogP contribution is -2.31. The summed E-state index contributed by atoms with van der Waals surface area (Å²) in [5.74, 6) is 0.599. The summed E-state index contributed by atoms with van der Waals surface area (Å²) < 4.78 is 12.8. The Morgan fingerprint density at radius 2 is 2.27 bits per heavy atom. The van der Waals surface area contributed by atoms with Crippen LogP contribution in [0.5, 0.6) is 5.75 Å². The van der Waals surface area contributed by atoms with Gasteiger partial charge in [-0.25, -0.2) is 0 Å². The number of rotatable bonds is 6.